The number of nitrogens with zero attached hydrogens (tertiary/aromatic N) is 5. The number of rotatable bonds is 5. The Labute approximate surface area is 139 Å². The summed E-state index contributed by atoms with van der Waals surface area (Å²) in [7, 11) is 4.31. The van der Waals surface area contributed by atoms with Crippen LogP contribution in [0.1, 0.15) is 30.7 Å². The first kappa shape index (κ1) is 16.1. The average molecular weight is 313 g/mol. The topological polar surface area (TPSA) is 37.2 Å². The summed E-state index contributed by atoms with van der Waals surface area (Å²) < 4.78 is 2.12. The van der Waals surface area contributed by atoms with E-state index in [0.29, 0.717) is 6.04 Å². The second-order valence-electron chi connectivity index (χ2n) is 6.59. The minimum absolute atomic E-state index is 0.647. The Kier molecular flexibility index (Phi) is 5.41. The highest BCUT2D eigenvalue weighted by Crippen LogP contribution is 2.18. The van der Waals surface area contributed by atoms with Gasteiger partial charge in [-0.1, -0.05) is 6.07 Å². The lowest BCUT2D eigenvalue weighted by atomic mass is 10.1. The summed E-state index contributed by atoms with van der Waals surface area (Å²) in [5.41, 5.74) is 2.45. The lowest BCUT2D eigenvalue weighted by molar-refractivity contribution is 0.204. The van der Waals surface area contributed by atoms with E-state index in [-0.39, 0.29) is 0 Å². The van der Waals surface area contributed by atoms with Crippen LogP contribution in [0.4, 0.5) is 0 Å². The third-order valence-electron chi connectivity index (χ3n) is 4.85. The fourth-order valence-corrected chi connectivity index (χ4v) is 3.38. The first-order valence-corrected chi connectivity index (χ1v) is 8.50. The summed E-state index contributed by atoms with van der Waals surface area (Å²) in [6.07, 6.45) is 9.50. The molecule has 2 aromatic rings. The Morgan fingerprint density at radius 3 is 2.91 bits per heavy atom. The quantitative estimate of drug-likeness (QED) is 0.849. The van der Waals surface area contributed by atoms with E-state index < -0.39 is 0 Å². The molecule has 1 aliphatic heterocycles. The Morgan fingerprint density at radius 1 is 1.26 bits per heavy atom. The van der Waals surface area contributed by atoms with Crippen molar-refractivity contribution in [2.75, 3.05) is 20.1 Å². The summed E-state index contributed by atoms with van der Waals surface area (Å²) in [5.74, 6) is 0. The minimum atomic E-state index is 0.647. The van der Waals surface area contributed by atoms with Crippen LogP contribution in [0.5, 0.6) is 0 Å². The molecule has 0 aromatic carbocycles. The SMILES string of the molecule is CN(Cc1ccccn1)C1CCCN(Cc2cncn2C)CC1. The molecular weight excluding hydrogens is 286 g/mol. The number of imidazole rings is 1. The molecule has 2 aromatic heterocycles. The van der Waals surface area contributed by atoms with Crippen LogP contribution in [0.2, 0.25) is 0 Å². The van der Waals surface area contributed by atoms with E-state index in [1.54, 1.807) is 0 Å². The fourth-order valence-electron chi connectivity index (χ4n) is 3.38. The molecule has 0 bridgehead atoms. The normalized spacial score (nSPS) is 19.9. The van der Waals surface area contributed by atoms with Crippen molar-refractivity contribution in [3.8, 4) is 0 Å². The maximum absolute atomic E-state index is 4.45. The number of pyridine rings is 1. The highest BCUT2D eigenvalue weighted by molar-refractivity contribution is 5.03. The van der Waals surface area contributed by atoms with Crippen LogP contribution in [0.15, 0.2) is 36.9 Å². The van der Waals surface area contributed by atoms with Gasteiger partial charge in [0, 0.05) is 45.1 Å². The first-order valence-electron chi connectivity index (χ1n) is 8.50. The van der Waals surface area contributed by atoms with Gasteiger partial charge in [-0.2, -0.15) is 0 Å². The van der Waals surface area contributed by atoms with Gasteiger partial charge in [-0.15, -0.1) is 0 Å². The van der Waals surface area contributed by atoms with Crippen LogP contribution in [0, 0.1) is 0 Å². The second-order valence-corrected chi connectivity index (χ2v) is 6.59. The van der Waals surface area contributed by atoms with Crippen molar-refractivity contribution >= 4 is 0 Å². The van der Waals surface area contributed by atoms with Crippen LogP contribution in [0.25, 0.3) is 0 Å². The van der Waals surface area contributed by atoms with E-state index >= 15 is 0 Å². The third kappa shape index (κ3) is 4.39. The molecule has 124 valence electrons. The molecule has 0 spiro atoms. The van der Waals surface area contributed by atoms with Crippen LogP contribution in [-0.4, -0.2) is 50.5 Å². The summed E-state index contributed by atoms with van der Waals surface area (Å²) >= 11 is 0. The molecule has 3 heterocycles. The van der Waals surface area contributed by atoms with Crippen molar-refractivity contribution in [1.82, 2.24) is 24.3 Å². The molecule has 0 radical (unpaired) electrons. The van der Waals surface area contributed by atoms with Gasteiger partial charge in [0.1, 0.15) is 0 Å². The number of hydrogen-bond acceptors (Lipinski definition) is 4. The van der Waals surface area contributed by atoms with Gasteiger partial charge in [-0.05, 0) is 45.0 Å². The van der Waals surface area contributed by atoms with Gasteiger partial charge < -0.3 is 4.57 Å². The molecule has 0 saturated carbocycles. The van der Waals surface area contributed by atoms with Gasteiger partial charge in [0.05, 0.1) is 17.7 Å². The summed E-state index contributed by atoms with van der Waals surface area (Å²) in [4.78, 5) is 13.7. The molecule has 0 amide bonds. The van der Waals surface area contributed by atoms with E-state index in [1.807, 2.05) is 24.8 Å². The zero-order valence-corrected chi connectivity index (χ0v) is 14.2. The first-order chi connectivity index (χ1) is 11.2. The molecule has 5 nitrogen and oxygen atoms in total. The fraction of sp³-hybridized carbons (Fsp3) is 0.556. The largest absolute Gasteiger partial charge is 0.337 e. The monoisotopic (exact) mass is 313 g/mol. The van der Waals surface area contributed by atoms with E-state index in [0.717, 1.165) is 25.3 Å². The number of aryl methyl sites for hydroxylation is 1. The van der Waals surface area contributed by atoms with Gasteiger partial charge in [0.2, 0.25) is 0 Å². The van der Waals surface area contributed by atoms with E-state index in [1.165, 1.54) is 31.5 Å². The van der Waals surface area contributed by atoms with Gasteiger partial charge in [-0.25, -0.2) is 4.98 Å². The average Bonchev–Trinajstić information content (AvgIpc) is 2.82. The standard InChI is InChI=1S/C18H27N5/c1-21(13-16-6-3-4-9-20-16)17-7-5-10-23(11-8-17)14-18-12-19-15-22(18)2/h3-4,6,9,12,15,17H,5,7-8,10-11,13-14H2,1-2H3. The van der Waals surface area contributed by atoms with Crippen molar-refractivity contribution in [3.05, 3.63) is 48.3 Å². The van der Waals surface area contributed by atoms with Gasteiger partial charge in [-0.3, -0.25) is 14.8 Å². The molecule has 1 unspecified atom stereocenters. The zero-order valence-electron chi connectivity index (χ0n) is 14.2. The highest BCUT2D eigenvalue weighted by Gasteiger charge is 2.21. The van der Waals surface area contributed by atoms with Crippen molar-refractivity contribution in [2.45, 2.75) is 38.4 Å². The summed E-state index contributed by atoms with van der Waals surface area (Å²) in [6, 6.07) is 6.81. The van der Waals surface area contributed by atoms with E-state index in [2.05, 4.69) is 50.6 Å². The molecule has 3 rings (SSSR count). The Bertz CT molecular complexity index is 594. The number of likely N-dealkylation sites (tertiary alicyclic amines) is 1. The molecule has 23 heavy (non-hydrogen) atoms. The van der Waals surface area contributed by atoms with Crippen LogP contribution in [0.3, 0.4) is 0 Å². The zero-order chi connectivity index (χ0) is 16.1. The predicted molar refractivity (Wildman–Crippen MR) is 91.8 cm³/mol. The second kappa shape index (κ2) is 7.70. The van der Waals surface area contributed by atoms with E-state index in [9.17, 15) is 0 Å². The minimum Gasteiger partial charge on any atom is -0.337 e. The van der Waals surface area contributed by atoms with Crippen molar-refractivity contribution in [3.63, 3.8) is 0 Å². The molecule has 0 N–H and O–H groups in total. The van der Waals surface area contributed by atoms with Gasteiger partial charge in [0.15, 0.2) is 0 Å². The van der Waals surface area contributed by atoms with Crippen molar-refractivity contribution in [2.24, 2.45) is 7.05 Å². The molecule has 1 fully saturated rings. The molecule has 0 aliphatic carbocycles. The smallest absolute Gasteiger partial charge is 0.0945 e. The lowest BCUT2D eigenvalue weighted by Crippen LogP contribution is -2.33. The maximum atomic E-state index is 4.45. The summed E-state index contributed by atoms with van der Waals surface area (Å²) in [6.45, 7) is 4.28. The van der Waals surface area contributed by atoms with Gasteiger partial charge >= 0.3 is 0 Å². The van der Waals surface area contributed by atoms with Crippen molar-refractivity contribution < 1.29 is 0 Å². The number of aromatic nitrogens is 3. The van der Waals surface area contributed by atoms with Crippen LogP contribution in [-0.2, 0) is 20.1 Å². The third-order valence-corrected chi connectivity index (χ3v) is 4.85. The highest BCUT2D eigenvalue weighted by atomic mass is 15.2. The maximum Gasteiger partial charge on any atom is 0.0945 e. The van der Waals surface area contributed by atoms with Gasteiger partial charge in [0.25, 0.3) is 0 Å². The predicted octanol–water partition coefficient (Wildman–Crippen LogP) is 2.30. The van der Waals surface area contributed by atoms with E-state index in [4.69, 9.17) is 0 Å². The molecule has 1 saturated heterocycles. The molecule has 1 aliphatic rings. The summed E-state index contributed by atoms with van der Waals surface area (Å²) in [5, 5.41) is 0. The lowest BCUT2D eigenvalue weighted by Gasteiger charge is -2.27. The molecule has 1 atom stereocenters. The Balaban J connectivity index is 1.52. The van der Waals surface area contributed by atoms with Crippen LogP contribution < -0.4 is 0 Å². The Hall–Kier alpha value is -1.72. The molecular formula is C18H27N5. The number of hydrogen-bond donors (Lipinski definition) is 0. The van der Waals surface area contributed by atoms with Crippen LogP contribution >= 0.6 is 0 Å². The molecule has 5 heteroatoms. The Morgan fingerprint density at radius 2 is 2.17 bits per heavy atom. The van der Waals surface area contributed by atoms with Crippen molar-refractivity contribution in [1.29, 1.82) is 0 Å².